The number of aromatic nitrogens is 2. The fourth-order valence-electron chi connectivity index (χ4n) is 2.51. The molecule has 0 radical (unpaired) electrons. The molecule has 0 spiro atoms. The molecule has 1 saturated carbocycles. The van der Waals surface area contributed by atoms with Gasteiger partial charge in [-0.3, -0.25) is 0 Å². The second-order valence-corrected chi connectivity index (χ2v) is 8.44. The molecule has 0 atom stereocenters. The van der Waals surface area contributed by atoms with Gasteiger partial charge in [-0.15, -0.1) is 0 Å². The average molecular weight is 356 g/mol. The number of benzene rings is 1. The fourth-order valence-corrected chi connectivity index (χ4v) is 3.95. The topological polar surface area (TPSA) is 99.1 Å². The largest absolute Gasteiger partial charge is 0.339 e. The minimum Gasteiger partial charge on any atom is -0.339 e. The zero-order chi connectivity index (χ0) is 16.5. The van der Waals surface area contributed by atoms with Crippen LogP contribution in [0.1, 0.15) is 37.4 Å². The Bertz CT molecular complexity index is 783. The Morgan fingerprint density at radius 1 is 1.26 bits per heavy atom. The van der Waals surface area contributed by atoms with Crippen LogP contribution in [0.2, 0.25) is 5.02 Å². The summed E-state index contributed by atoms with van der Waals surface area (Å²) in [6, 6.07) is 6.16. The van der Waals surface area contributed by atoms with E-state index in [1.165, 1.54) is 12.1 Å². The van der Waals surface area contributed by atoms with E-state index in [9.17, 15) is 8.42 Å². The Morgan fingerprint density at radius 3 is 2.57 bits per heavy atom. The Labute approximate surface area is 139 Å². The van der Waals surface area contributed by atoms with Crippen molar-refractivity contribution in [3.05, 3.63) is 41.0 Å². The lowest BCUT2D eigenvalue weighted by Crippen LogP contribution is -2.44. The zero-order valence-corrected chi connectivity index (χ0v) is 14.1. The zero-order valence-electron chi connectivity index (χ0n) is 12.5. The molecule has 3 rings (SSSR count). The highest BCUT2D eigenvalue weighted by molar-refractivity contribution is 7.91. The third-order valence-corrected chi connectivity index (χ3v) is 6.20. The van der Waals surface area contributed by atoms with E-state index in [2.05, 4.69) is 10.1 Å². The van der Waals surface area contributed by atoms with Crippen molar-refractivity contribution in [2.75, 3.05) is 5.75 Å². The van der Waals surface area contributed by atoms with Crippen LogP contribution in [0.25, 0.3) is 0 Å². The molecule has 1 heterocycles. The van der Waals surface area contributed by atoms with Crippen molar-refractivity contribution in [1.82, 2.24) is 10.1 Å². The molecule has 1 aromatic heterocycles. The first kappa shape index (κ1) is 16.4. The van der Waals surface area contributed by atoms with Gasteiger partial charge < -0.3 is 10.3 Å². The van der Waals surface area contributed by atoms with Crippen LogP contribution in [0, 0.1) is 0 Å². The van der Waals surface area contributed by atoms with Gasteiger partial charge in [0.15, 0.2) is 15.7 Å². The summed E-state index contributed by atoms with van der Waals surface area (Å²) in [5.74, 6) is 0.975. The summed E-state index contributed by atoms with van der Waals surface area (Å²) in [4.78, 5) is 4.56. The van der Waals surface area contributed by atoms with Crippen LogP contribution in [0.15, 0.2) is 33.7 Å². The molecule has 124 valence electrons. The predicted octanol–water partition coefficient (Wildman–Crippen LogP) is 2.47. The normalized spacial score (nSPS) is 17.0. The van der Waals surface area contributed by atoms with Crippen molar-refractivity contribution >= 4 is 21.4 Å². The molecule has 6 nitrogen and oxygen atoms in total. The maximum absolute atomic E-state index is 12.2. The number of sulfone groups is 1. The van der Waals surface area contributed by atoms with Gasteiger partial charge in [0.1, 0.15) is 0 Å². The number of hydrogen-bond acceptors (Lipinski definition) is 6. The molecule has 8 heteroatoms. The summed E-state index contributed by atoms with van der Waals surface area (Å²) < 4.78 is 29.6. The summed E-state index contributed by atoms with van der Waals surface area (Å²) in [7, 11) is -3.34. The summed E-state index contributed by atoms with van der Waals surface area (Å²) in [5, 5.41) is 4.43. The average Bonchev–Trinajstić information content (AvgIpc) is 2.94. The molecule has 0 bridgehead atoms. The van der Waals surface area contributed by atoms with E-state index in [0.717, 1.165) is 19.3 Å². The van der Waals surface area contributed by atoms with Crippen LogP contribution < -0.4 is 5.73 Å². The monoisotopic (exact) mass is 355 g/mol. The molecule has 2 N–H and O–H groups in total. The van der Waals surface area contributed by atoms with E-state index in [4.69, 9.17) is 21.9 Å². The van der Waals surface area contributed by atoms with Crippen LogP contribution in [-0.4, -0.2) is 24.3 Å². The first-order chi connectivity index (χ1) is 10.9. The maximum Gasteiger partial charge on any atom is 0.226 e. The summed E-state index contributed by atoms with van der Waals surface area (Å²) in [6.07, 6.45) is 3.60. The molecule has 0 saturated heterocycles. The van der Waals surface area contributed by atoms with Gasteiger partial charge in [-0.2, -0.15) is 4.98 Å². The first-order valence-corrected chi connectivity index (χ1v) is 9.52. The quantitative estimate of drug-likeness (QED) is 0.854. The molecule has 1 aromatic carbocycles. The van der Waals surface area contributed by atoms with Crippen molar-refractivity contribution < 1.29 is 12.9 Å². The van der Waals surface area contributed by atoms with E-state index in [-0.39, 0.29) is 10.6 Å². The minimum atomic E-state index is -3.34. The Balaban J connectivity index is 1.58. The number of nitrogens with two attached hydrogens (primary N) is 1. The molecule has 0 unspecified atom stereocenters. The molecular weight excluding hydrogens is 338 g/mol. The van der Waals surface area contributed by atoms with Gasteiger partial charge in [-0.25, -0.2) is 8.42 Å². The molecule has 0 amide bonds. The second kappa shape index (κ2) is 6.22. The van der Waals surface area contributed by atoms with Crippen molar-refractivity contribution in [2.45, 2.75) is 42.5 Å². The fraction of sp³-hybridized carbons (Fsp3) is 0.467. The van der Waals surface area contributed by atoms with Crippen molar-refractivity contribution in [3.63, 3.8) is 0 Å². The second-order valence-electron chi connectivity index (χ2n) is 5.90. The Hall–Kier alpha value is -1.44. The molecule has 1 fully saturated rings. The summed E-state index contributed by atoms with van der Waals surface area (Å²) >= 11 is 5.77. The number of nitrogens with zero attached hydrogens (tertiary/aromatic N) is 2. The highest BCUT2D eigenvalue weighted by Gasteiger charge is 2.38. The van der Waals surface area contributed by atoms with E-state index < -0.39 is 15.4 Å². The highest BCUT2D eigenvalue weighted by atomic mass is 35.5. The van der Waals surface area contributed by atoms with Crippen LogP contribution >= 0.6 is 11.6 Å². The standard InChI is InChI=1S/C15H18ClN3O3S/c16-11-4-6-12(7-5-11)23(20,21)10-1-3-13-18-14(19-22-13)15(17)8-2-9-15/h4-7H,1-3,8-10,17H2. The third-order valence-electron chi connectivity index (χ3n) is 4.14. The summed E-state index contributed by atoms with van der Waals surface area (Å²) in [6.45, 7) is 0. The highest BCUT2D eigenvalue weighted by Crippen LogP contribution is 2.36. The van der Waals surface area contributed by atoms with E-state index >= 15 is 0 Å². The van der Waals surface area contributed by atoms with Crippen LogP contribution in [-0.2, 0) is 21.8 Å². The van der Waals surface area contributed by atoms with Gasteiger partial charge in [0, 0.05) is 11.4 Å². The molecule has 1 aliphatic rings. The van der Waals surface area contributed by atoms with Crippen molar-refractivity contribution in [2.24, 2.45) is 5.73 Å². The lowest BCUT2D eigenvalue weighted by Gasteiger charge is -2.34. The number of hydrogen-bond donors (Lipinski definition) is 1. The summed E-state index contributed by atoms with van der Waals surface area (Å²) in [5.41, 5.74) is 5.67. The van der Waals surface area contributed by atoms with Crippen LogP contribution in [0.4, 0.5) is 0 Å². The van der Waals surface area contributed by atoms with Crippen LogP contribution in [0.5, 0.6) is 0 Å². The molecule has 23 heavy (non-hydrogen) atoms. The SMILES string of the molecule is NC1(c2noc(CCCS(=O)(=O)c3ccc(Cl)cc3)n2)CCC1. The van der Waals surface area contributed by atoms with E-state index in [1.54, 1.807) is 12.1 Å². The molecule has 0 aliphatic heterocycles. The van der Waals surface area contributed by atoms with Gasteiger partial charge in [-0.1, -0.05) is 16.8 Å². The van der Waals surface area contributed by atoms with E-state index in [0.29, 0.717) is 29.6 Å². The lowest BCUT2D eigenvalue weighted by atomic mass is 9.77. The van der Waals surface area contributed by atoms with Gasteiger partial charge in [-0.05, 0) is 49.9 Å². The molecule has 1 aliphatic carbocycles. The smallest absolute Gasteiger partial charge is 0.226 e. The van der Waals surface area contributed by atoms with Gasteiger partial charge in [0.2, 0.25) is 5.89 Å². The van der Waals surface area contributed by atoms with Gasteiger partial charge in [0.25, 0.3) is 0 Å². The van der Waals surface area contributed by atoms with Gasteiger partial charge >= 0.3 is 0 Å². The Kier molecular flexibility index (Phi) is 4.44. The predicted molar refractivity (Wildman–Crippen MR) is 85.8 cm³/mol. The number of aryl methyl sites for hydroxylation is 1. The van der Waals surface area contributed by atoms with Crippen molar-refractivity contribution in [1.29, 1.82) is 0 Å². The Morgan fingerprint density at radius 2 is 1.96 bits per heavy atom. The number of rotatable bonds is 6. The maximum atomic E-state index is 12.2. The van der Waals surface area contributed by atoms with Gasteiger partial charge in [0.05, 0.1) is 16.2 Å². The number of halogens is 1. The first-order valence-electron chi connectivity index (χ1n) is 7.49. The third kappa shape index (κ3) is 3.57. The molecular formula is C15H18ClN3O3S. The van der Waals surface area contributed by atoms with Crippen LogP contribution in [0.3, 0.4) is 0 Å². The molecule has 2 aromatic rings. The minimum absolute atomic E-state index is 0.0140. The lowest BCUT2D eigenvalue weighted by molar-refractivity contribution is 0.229. The van der Waals surface area contributed by atoms with Crippen molar-refractivity contribution in [3.8, 4) is 0 Å². The van der Waals surface area contributed by atoms with E-state index in [1.807, 2.05) is 0 Å².